The molecule has 3 nitrogen and oxygen atoms in total. The van der Waals surface area contributed by atoms with Crippen molar-refractivity contribution in [3.05, 3.63) is 58.6 Å². The first-order valence-corrected chi connectivity index (χ1v) is 8.08. The maximum Gasteiger partial charge on any atom is 0.0612 e. The Morgan fingerprint density at radius 2 is 1.67 bits per heavy atom. The Morgan fingerprint density at radius 1 is 0.952 bits per heavy atom. The third-order valence-corrected chi connectivity index (χ3v) is 4.45. The van der Waals surface area contributed by atoms with Gasteiger partial charge in [0.1, 0.15) is 0 Å². The third kappa shape index (κ3) is 3.57. The quantitative estimate of drug-likeness (QED) is 0.865. The molecule has 4 heteroatoms. The number of piperazine rings is 1. The van der Waals surface area contributed by atoms with Crippen LogP contribution < -0.4 is 10.6 Å². The number of nitrogen functional groups attached to an aromatic ring is 1. The second-order valence-corrected chi connectivity index (χ2v) is 6.37. The predicted molar refractivity (Wildman–Crippen MR) is 92.5 cm³/mol. The lowest BCUT2D eigenvalue weighted by Gasteiger charge is -2.36. The smallest absolute Gasteiger partial charge is 0.0612 e. The molecule has 0 bridgehead atoms. The molecule has 0 saturated carbocycles. The highest BCUT2D eigenvalue weighted by Crippen LogP contribution is 2.28. The van der Waals surface area contributed by atoms with Gasteiger partial charge in [-0.3, -0.25) is 4.90 Å². The van der Waals surface area contributed by atoms with Crippen molar-refractivity contribution in [3.63, 3.8) is 0 Å². The molecule has 21 heavy (non-hydrogen) atoms. The Balaban J connectivity index is 1.61. The van der Waals surface area contributed by atoms with Crippen LogP contribution in [0.5, 0.6) is 0 Å². The molecule has 110 valence electrons. The first-order valence-electron chi connectivity index (χ1n) is 7.28. The first kappa shape index (κ1) is 14.4. The number of halogens is 1. The highest BCUT2D eigenvalue weighted by molar-refractivity contribution is 9.10. The molecule has 0 aromatic heterocycles. The number of hydrogen-bond acceptors (Lipinski definition) is 3. The number of nitrogens with two attached hydrogens (primary N) is 1. The molecule has 1 fully saturated rings. The van der Waals surface area contributed by atoms with Gasteiger partial charge in [-0.05, 0) is 23.8 Å². The van der Waals surface area contributed by atoms with Gasteiger partial charge in [-0.2, -0.15) is 0 Å². The molecular formula is C17H20BrN3. The van der Waals surface area contributed by atoms with E-state index in [9.17, 15) is 0 Å². The van der Waals surface area contributed by atoms with Crippen LogP contribution in [0, 0.1) is 0 Å². The van der Waals surface area contributed by atoms with Crippen LogP contribution in [0.3, 0.4) is 0 Å². The fraction of sp³-hybridized carbons (Fsp3) is 0.294. The Labute approximate surface area is 134 Å². The summed E-state index contributed by atoms with van der Waals surface area (Å²) in [5.74, 6) is 0. The van der Waals surface area contributed by atoms with E-state index in [0.717, 1.165) is 48.6 Å². The van der Waals surface area contributed by atoms with E-state index in [1.54, 1.807) is 0 Å². The van der Waals surface area contributed by atoms with Gasteiger partial charge in [-0.15, -0.1) is 0 Å². The zero-order valence-corrected chi connectivity index (χ0v) is 13.6. The fourth-order valence-electron chi connectivity index (χ4n) is 2.78. The lowest BCUT2D eigenvalue weighted by molar-refractivity contribution is 0.250. The van der Waals surface area contributed by atoms with Crippen molar-refractivity contribution in [2.75, 3.05) is 36.8 Å². The summed E-state index contributed by atoms with van der Waals surface area (Å²) in [5.41, 5.74) is 9.48. The minimum absolute atomic E-state index is 0.856. The molecule has 3 rings (SSSR count). The summed E-state index contributed by atoms with van der Waals surface area (Å²) in [6.07, 6.45) is 0. The van der Waals surface area contributed by atoms with E-state index in [2.05, 4.69) is 62.1 Å². The lowest BCUT2D eigenvalue weighted by atomic mass is 10.2. The molecule has 0 unspecified atom stereocenters. The van der Waals surface area contributed by atoms with Gasteiger partial charge in [0.05, 0.1) is 11.4 Å². The molecule has 1 aliphatic rings. The van der Waals surface area contributed by atoms with Gasteiger partial charge in [0.2, 0.25) is 0 Å². The first-order chi connectivity index (χ1) is 10.2. The molecule has 0 atom stereocenters. The van der Waals surface area contributed by atoms with Gasteiger partial charge in [0.15, 0.2) is 0 Å². The highest BCUT2D eigenvalue weighted by Gasteiger charge is 2.18. The molecule has 0 spiro atoms. The van der Waals surface area contributed by atoms with Crippen molar-refractivity contribution in [1.82, 2.24) is 4.90 Å². The Morgan fingerprint density at radius 3 is 2.38 bits per heavy atom. The number of rotatable bonds is 3. The molecule has 0 aliphatic carbocycles. The average molecular weight is 346 g/mol. The zero-order valence-electron chi connectivity index (χ0n) is 12.0. The van der Waals surface area contributed by atoms with Crippen LogP contribution in [0.2, 0.25) is 0 Å². The normalized spacial score (nSPS) is 16.1. The second kappa shape index (κ2) is 6.50. The van der Waals surface area contributed by atoms with Crippen LogP contribution in [-0.2, 0) is 6.54 Å². The van der Waals surface area contributed by atoms with Crippen LogP contribution in [0.15, 0.2) is 53.0 Å². The molecule has 0 radical (unpaired) electrons. The van der Waals surface area contributed by atoms with Crippen LogP contribution in [-0.4, -0.2) is 31.1 Å². The summed E-state index contributed by atoms with van der Waals surface area (Å²) in [4.78, 5) is 4.88. The molecule has 2 N–H and O–H groups in total. The molecule has 0 amide bonds. The summed E-state index contributed by atoms with van der Waals surface area (Å²) in [6, 6.07) is 16.7. The Bertz CT molecular complexity index is 592. The largest absolute Gasteiger partial charge is 0.397 e. The number of hydrogen-bond donors (Lipinski definition) is 1. The molecule has 2 aromatic carbocycles. The average Bonchev–Trinajstić information content (AvgIpc) is 2.52. The highest BCUT2D eigenvalue weighted by atomic mass is 79.9. The monoisotopic (exact) mass is 345 g/mol. The van der Waals surface area contributed by atoms with Gasteiger partial charge in [0.25, 0.3) is 0 Å². The summed E-state index contributed by atoms with van der Waals surface area (Å²) < 4.78 is 1.08. The van der Waals surface area contributed by atoms with Crippen LogP contribution in [0.4, 0.5) is 11.4 Å². The Kier molecular flexibility index (Phi) is 4.46. The summed E-state index contributed by atoms with van der Waals surface area (Å²) in [7, 11) is 0. The van der Waals surface area contributed by atoms with Crippen molar-refractivity contribution in [3.8, 4) is 0 Å². The second-order valence-electron chi connectivity index (χ2n) is 5.45. The maximum atomic E-state index is 6.10. The molecule has 1 saturated heterocycles. The zero-order chi connectivity index (χ0) is 14.7. The van der Waals surface area contributed by atoms with Crippen LogP contribution >= 0.6 is 15.9 Å². The summed E-state index contributed by atoms with van der Waals surface area (Å²) in [6.45, 7) is 5.21. The van der Waals surface area contributed by atoms with Crippen molar-refractivity contribution in [2.45, 2.75) is 6.54 Å². The molecule has 2 aromatic rings. The minimum atomic E-state index is 0.856. The number of benzene rings is 2. The SMILES string of the molecule is Nc1ccc(Br)cc1N1CCN(Cc2ccccc2)CC1. The van der Waals surface area contributed by atoms with Gasteiger partial charge in [0, 0.05) is 37.2 Å². The van der Waals surface area contributed by atoms with Gasteiger partial charge < -0.3 is 10.6 Å². The number of anilines is 2. The van der Waals surface area contributed by atoms with Gasteiger partial charge in [-0.1, -0.05) is 46.3 Å². The van der Waals surface area contributed by atoms with Crippen molar-refractivity contribution in [2.24, 2.45) is 0 Å². The number of nitrogens with zero attached hydrogens (tertiary/aromatic N) is 2. The van der Waals surface area contributed by atoms with Crippen LogP contribution in [0.25, 0.3) is 0 Å². The molecular weight excluding hydrogens is 326 g/mol. The van der Waals surface area contributed by atoms with Crippen molar-refractivity contribution in [1.29, 1.82) is 0 Å². The van der Waals surface area contributed by atoms with E-state index in [-0.39, 0.29) is 0 Å². The predicted octanol–water partition coefficient (Wildman–Crippen LogP) is 3.35. The lowest BCUT2D eigenvalue weighted by Crippen LogP contribution is -2.46. The fourth-order valence-corrected chi connectivity index (χ4v) is 3.13. The molecule has 1 aliphatic heterocycles. The van der Waals surface area contributed by atoms with Crippen molar-refractivity contribution >= 4 is 27.3 Å². The Hall–Kier alpha value is -1.52. The van der Waals surface area contributed by atoms with E-state index in [0.29, 0.717) is 0 Å². The van der Waals surface area contributed by atoms with Gasteiger partial charge in [-0.25, -0.2) is 0 Å². The summed E-state index contributed by atoms with van der Waals surface area (Å²) in [5, 5.41) is 0. The standard InChI is InChI=1S/C17H20BrN3/c18-15-6-7-16(19)17(12-15)21-10-8-20(9-11-21)13-14-4-2-1-3-5-14/h1-7,12H,8-11,13,19H2. The van der Waals surface area contributed by atoms with Crippen molar-refractivity contribution < 1.29 is 0 Å². The topological polar surface area (TPSA) is 32.5 Å². The summed E-state index contributed by atoms with van der Waals surface area (Å²) >= 11 is 3.53. The van der Waals surface area contributed by atoms with E-state index >= 15 is 0 Å². The molecule has 1 heterocycles. The maximum absolute atomic E-state index is 6.10. The van der Waals surface area contributed by atoms with Gasteiger partial charge >= 0.3 is 0 Å². The van der Waals surface area contributed by atoms with Crippen LogP contribution in [0.1, 0.15) is 5.56 Å². The van der Waals surface area contributed by atoms with E-state index in [1.807, 2.05) is 12.1 Å². The van der Waals surface area contributed by atoms with E-state index < -0.39 is 0 Å². The van der Waals surface area contributed by atoms with E-state index in [4.69, 9.17) is 5.73 Å². The third-order valence-electron chi connectivity index (χ3n) is 3.95. The van der Waals surface area contributed by atoms with E-state index in [1.165, 1.54) is 5.56 Å². The minimum Gasteiger partial charge on any atom is -0.397 e.